The average molecular weight is 1130 g/mol. The van der Waals surface area contributed by atoms with Gasteiger partial charge in [0.05, 0.1) is 0 Å². The number of hydrogen-bond donors (Lipinski definition) is 0. The molecule has 0 heterocycles. The van der Waals surface area contributed by atoms with Crippen molar-refractivity contribution in [1.82, 2.24) is 9.80 Å². The molecule has 0 fully saturated rings. The SMILES string of the molecule is C=C(CN(C)Cc1ccccc1)C(=O)/C(=C/c1ccc(Cl)cc1)c1ccccc1.C=C(CN(C)Cc1ccccc1)C(=O)/C(=C\c1ccc(Cl)cc1)c1ccccc1.CC(=O)/C(=C/c1ccc(Cl)cc1)c1ccccc1.Cl.Cl. The first-order valence-electron chi connectivity index (χ1n) is 24.7. The zero-order valence-electron chi connectivity index (χ0n) is 43.9. The zero-order valence-corrected chi connectivity index (χ0v) is 47.8. The van der Waals surface area contributed by atoms with E-state index in [-0.39, 0.29) is 42.2 Å². The van der Waals surface area contributed by atoms with Gasteiger partial charge in [0.1, 0.15) is 0 Å². The Morgan fingerprint density at radius 1 is 0.385 bits per heavy atom. The van der Waals surface area contributed by atoms with Gasteiger partial charge < -0.3 is 0 Å². The fourth-order valence-electron chi connectivity index (χ4n) is 8.06. The van der Waals surface area contributed by atoms with Crippen LogP contribution in [-0.4, -0.2) is 54.3 Å². The van der Waals surface area contributed by atoms with Crippen molar-refractivity contribution < 1.29 is 14.4 Å². The van der Waals surface area contributed by atoms with Gasteiger partial charge in [-0.15, -0.1) is 24.8 Å². The summed E-state index contributed by atoms with van der Waals surface area (Å²) < 4.78 is 0. The lowest BCUT2D eigenvalue weighted by Crippen LogP contribution is -2.23. The third-order valence-electron chi connectivity index (χ3n) is 11.8. The zero-order chi connectivity index (χ0) is 54.2. The molecular weight excluding hydrogens is 1070 g/mol. The maximum absolute atomic E-state index is 13.3. The highest BCUT2D eigenvalue weighted by atomic mass is 35.5. The van der Waals surface area contributed by atoms with Crippen molar-refractivity contribution in [2.45, 2.75) is 20.0 Å². The van der Waals surface area contributed by atoms with Crippen LogP contribution in [0.4, 0.5) is 0 Å². The molecule has 0 amide bonds. The number of likely N-dealkylation sites (N-methyl/N-ethyl adjacent to an activating group) is 2. The van der Waals surface area contributed by atoms with Gasteiger partial charge in [0.15, 0.2) is 17.3 Å². The van der Waals surface area contributed by atoms with E-state index in [1.54, 1.807) is 6.92 Å². The molecular formula is C68H63Cl5N2O3. The lowest BCUT2D eigenvalue weighted by Gasteiger charge is -2.18. The summed E-state index contributed by atoms with van der Waals surface area (Å²) in [7, 11) is 3.99. The molecule has 8 aromatic rings. The topological polar surface area (TPSA) is 57.7 Å². The highest BCUT2D eigenvalue weighted by molar-refractivity contribution is 6.34. The minimum atomic E-state index is -0.0499. The number of nitrogens with zero attached hydrogens (tertiary/aromatic N) is 2. The monoisotopic (exact) mass is 1130 g/mol. The van der Waals surface area contributed by atoms with Crippen LogP contribution >= 0.6 is 59.6 Å². The van der Waals surface area contributed by atoms with Gasteiger partial charge in [-0.05, 0) is 120 Å². The molecule has 0 aliphatic rings. The first-order valence-corrected chi connectivity index (χ1v) is 25.8. The standard InChI is InChI=1S/2C26H24ClNO.C16H13ClO.2ClH/c2*1-20(18-28(2)19-22-9-5-3-6-10-22)26(29)25(23-11-7-4-8-12-23)17-21-13-15-24(27)16-14-21;1-12(18)16(14-5-3-2-4-6-14)11-13-7-9-15(17)10-8-13;;/h2*3-17H,1,18-19H2,2H3;2-11H,1H3;2*1H/b25-17+;25-17-;16-11-;;. The highest BCUT2D eigenvalue weighted by Crippen LogP contribution is 2.26. The molecule has 0 aromatic heterocycles. The van der Waals surface area contributed by atoms with Crippen LogP contribution in [0, 0.1) is 0 Å². The number of rotatable bonds is 19. The number of allylic oxidation sites excluding steroid dienone is 3. The van der Waals surface area contributed by atoms with E-state index in [1.165, 1.54) is 11.1 Å². The Labute approximate surface area is 488 Å². The van der Waals surface area contributed by atoms with Crippen molar-refractivity contribution in [2.24, 2.45) is 0 Å². The van der Waals surface area contributed by atoms with E-state index >= 15 is 0 Å². The number of hydrogen-bond acceptors (Lipinski definition) is 5. The molecule has 5 nitrogen and oxygen atoms in total. The first-order chi connectivity index (χ1) is 36.7. The lowest BCUT2D eigenvalue weighted by molar-refractivity contribution is -0.112. The van der Waals surface area contributed by atoms with E-state index in [9.17, 15) is 14.4 Å². The molecule has 0 spiro atoms. The van der Waals surface area contributed by atoms with Gasteiger partial charge in [0, 0.05) is 69.1 Å². The van der Waals surface area contributed by atoms with Gasteiger partial charge in [-0.3, -0.25) is 24.2 Å². The van der Waals surface area contributed by atoms with Crippen molar-refractivity contribution in [3.63, 3.8) is 0 Å². The number of benzene rings is 8. The molecule has 8 rings (SSSR count). The minimum Gasteiger partial charge on any atom is -0.298 e. The molecule has 0 saturated carbocycles. The van der Waals surface area contributed by atoms with Gasteiger partial charge in [0.25, 0.3) is 0 Å². The number of halogens is 5. The van der Waals surface area contributed by atoms with Crippen LogP contribution in [-0.2, 0) is 27.5 Å². The third-order valence-corrected chi connectivity index (χ3v) is 12.6. The summed E-state index contributed by atoms with van der Waals surface area (Å²) in [5, 5.41) is 2.03. The largest absolute Gasteiger partial charge is 0.298 e. The molecule has 0 saturated heterocycles. The predicted molar refractivity (Wildman–Crippen MR) is 336 cm³/mol. The Balaban J connectivity index is 0.000000256. The summed E-state index contributed by atoms with van der Waals surface area (Å²) >= 11 is 17.8. The Morgan fingerprint density at radius 2 is 0.628 bits per heavy atom. The smallest absolute Gasteiger partial charge is 0.190 e. The summed E-state index contributed by atoms with van der Waals surface area (Å²) in [6.07, 6.45) is 5.68. The number of ketones is 3. The van der Waals surface area contributed by atoms with E-state index in [4.69, 9.17) is 34.8 Å². The maximum atomic E-state index is 13.3. The first kappa shape index (κ1) is 63.4. The van der Waals surface area contributed by atoms with Gasteiger partial charge in [-0.1, -0.05) is 236 Å². The molecule has 8 aromatic carbocycles. The lowest BCUT2D eigenvalue weighted by atomic mass is 9.95. The third kappa shape index (κ3) is 21.0. The fraction of sp³-hybridized carbons (Fsp3) is 0.103. The Kier molecular flexibility index (Phi) is 27.0. The van der Waals surface area contributed by atoms with E-state index in [2.05, 4.69) is 47.2 Å². The molecule has 0 aliphatic carbocycles. The summed E-state index contributed by atoms with van der Waals surface area (Å²) in [6.45, 7) is 12.3. The van der Waals surface area contributed by atoms with Gasteiger partial charge in [-0.25, -0.2) is 0 Å². The van der Waals surface area contributed by atoms with Crippen molar-refractivity contribution >= 4 is 112 Å². The van der Waals surface area contributed by atoms with Crippen LogP contribution in [0.1, 0.15) is 51.4 Å². The molecule has 78 heavy (non-hydrogen) atoms. The summed E-state index contributed by atoms with van der Waals surface area (Å²) in [5.41, 5.74) is 11.0. The number of carbonyl (C=O) groups is 3. The average Bonchev–Trinajstić information content (AvgIpc) is 3.44. The second-order valence-corrected chi connectivity index (χ2v) is 19.5. The molecule has 0 unspecified atom stereocenters. The molecule has 0 radical (unpaired) electrons. The van der Waals surface area contributed by atoms with Gasteiger partial charge in [-0.2, -0.15) is 0 Å². The highest BCUT2D eigenvalue weighted by Gasteiger charge is 2.19. The van der Waals surface area contributed by atoms with E-state index in [1.807, 2.05) is 233 Å². The van der Waals surface area contributed by atoms with Crippen molar-refractivity contribution in [3.8, 4) is 0 Å². The second-order valence-electron chi connectivity index (χ2n) is 18.2. The van der Waals surface area contributed by atoms with Crippen molar-refractivity contribution in [3.05, 3.63) is 308 Å². The Hall–Kier alpha value is -7.16. The van der Waals surface area contributed by atoms with Crippen LogP contribution in [0.2, 0.25) is 15.1 Å². The second kappa shape index (κ2) is 33.2. The van der Waals surface area contributed by atoms with Crippen molar-refractivity contribution in [2.75, 3.05) is 27.2 Å². The molecule has 0 aliphatic heterocycles. The Morgan fingerprint density at radius 3 is 0.897 bits per heavy atom. The minimum absolute atomic E-state index is 0. The van der Waals surface area contributed by atoms with E-state index in [0.717, 1.165) is 46.5 Å². The van der Waals surface area contributed by atoms with Crippen LogP contribution < -0.4 is 0 Å². The quantitative estimate of drug-likeness (QED) is 0.0596. The van der Waals surface area contributed by atoms with E-state index in [0.29, 0.717) is 56.0 Å². The molecule has 0 N–H and O–H groups in total. The maximum Gasteiger partial charge on any atom is 0.190 e. The fourth-order valence-corrected chi connectivity index (χ4v) is 8.43. The van der Waals surface area contributed by atoms with Gasteiger partial charge in [0.2, 0.25) is 0 Å². The summed E-state index contributed by atoms with van der Waals surface area (Å²) in [5.74, 6) is -0.0479. The summed E-state index contributed by atoms with van der Waals surface area (Å²) in [4.78, 5) is 42.5. The van der Waals surface area contributed by atoms with Crippen LogP contribution in [0.3, 0.4) is 0 Å². The van der Waals surface area contributed by atoms with E-state index < -0.39 is 0 Å². The predicted octanol–water partition coefficient (Wildman–Crippen LogP) is 17.6. The van der Waals surface area contributed by atoms with Gasteiger partial charge >= 0.3 is 0 Å². The molecule has 0 bridgehead atoms. The number of carbonyl (C=O) groups excluding carboxylic acids is 3. The number of Topliss-reactive ketones (excluding diaryl/α,β-unsaturated/α-hetero) is 3. The molecule has 398 valence electrons. The molecule has 10 heteroatoms. The van der Waals surface area contributed by atoms with Crippen molar-refractivity contribution in [1.29, 1.82) is 0 Å². The Bertz CT molecular complexity index is 3090. The normalized spacial score (nSPS) is 11.2. The molecule has 0 atom stereocenters. The van der Waals surface area contributed by atoms with Crippen LogP contribution in [0.5, 0.6) is 0 Å². The van der Waals surface area contributed by atoms with Crippen LogP contribution in [0.25, 0.3) is 34.9 Å². The summed E-state index contributed by atoms with van der Waals surface area (Å²) in [6, 6.07) is 71.8. The van der Waals surface area contributed by atoms with Crippen LogP contribution in [0.15, 0.2) is 249 Å².